The number of hydrogen-bond acceptors (Lipinski definition) is 4. The molecule has 3 aliphatic rings. The number of halogens is 1. The number of carbonyl (C=O) groups excluding carboxylic acids is 1. The van der Waals surface area contributed by atoms with Crippen molar-refractivity contribution in [1.29, 1.82) is 0 Å². The second-order valence-corrected chi connectivity index (χ2v) is 10.1. The molecule has 3 fully saturated rings. The fraction of sp³-hybridized carbons (Fsp3) is 0.650. The molecule has 1 aromatic carbocycles. The fourth-order valence-corrected chi connectivity index (χ4v) is 6.16. The Hall–Kier alpha value is -1.15. The number of benzene rings is 1. The summed E-state index contributed by atoms with van der Waals surface area (Å²) < 4.78 is 26.7. The Labute approximate surface area is 173 Å². The molecule has 3 heterocycles. The zero-order valence-electron chi connectivity index (χ0n) is 16.1. The standard InChI is InChI=1S/C20H29N3O3S.ClH/c24-20(22-18-13-16-6-7-17(14-18)21-16)10-5-15-3-8-19(9-4-15)27(25,26)23-11-1-2-12-23;/h3-4,8-9,16-18,21H,1-2,5-7,10-14H2,(H,22,24);1H. The lowest BCUT2D eigenvalue weighted by Crippen LogP contribution is -2.48. The van der Waals surface area contributed by atoms with Crippen molar-refractivity contribution < 1.29 is 13.2 Å². The molecule has 6 nitrogen and oxygen atoms in total. The molecule has 0 radical (unpaired) electrons. The van der Waals surface area contributed by atoms with Gasteiger partial charge in [-0.15, -0.1) is 12.4 Å². The summed E-state index contributed by atoms with van der Waals surface area (Å²) in [5.74, 6) is 0.0927. The molecule has 0 saturated carbocycles. The topological polar surface area (TPSA) is 78.5 Å². The van der Waals surface area contributed by atoms with E-state index in [-0.39, 0.29) is 18.3 Å². The molecular formula is C20H30ClN3O3S. The maximum Gasteiger partial charge on any atom is 0.243 e. The molecule has 3 aliphatic heterocycles. The first kappa shape index (κ1) is 21.6. The van der Waals surface area contributed by atoms with Gasteiger partial charge in [0.15, 0.2) is 0 Å². The van der Waals surface area contributed by atoms with Gasteiger partial charge in [-0.05, 0) is 62.6 Å². The predicted octanol–water partition coefficient (Wildman–Crippen LogP) is 2.22. The number of fused-ring (bicyclic) bond motifs is 2. The highest BCUT2D eigenvalue weighted by molar-refractivity contribution is 7.89. The number of hydrogen-bond donors (Lipinski definition) is 2. The van der Waals surface area contributed by atoms with Crippen LogP contribution in [0.5, 0.6) is 0 Å². The van der Waals surface area contributed by atoms with Crippen molar-refractivity contribution in [3.63, 3.8) is 0 Å². The van der Waals surface area contributed by atoms with Crippen molar-refractivity contribution in [2.24, 2.45) is 0 Å². The van der Waals surface area contributed by atoms with Gasteiger partial charge in [-0.25, -0.2) is 8.42 Å². The zero-order valence-corrected chi connectivity index (χ0v) is 17.7. The number of aryl methyl sites for hydroxylation is 1. The Bertz CT molecular complexity index is 766. The molecule has 3 saturated heterocycles. The number of nitrogens with one attached hydrogen (secondary N) is 2. The molecule has 1 aromatic rings. The van der Waals surface area contributed by atoms with Crippen LogP contribution in [0.25, 0.3) is 0 Å². The molecule has 4 rings (SSSR count). The summed E-state index contributed by atoms with van der Waals surface area (Å²) in [5, 5.41) is 6.77. The number of piperidine rings is 1. The Kier molecular flexibility index (Phi) is 7.02. The Morgan fingerprint density at radius 1 is 1.07 bits per heavy atom. The van der Waals surface area contributed by atoms with Crippen molar-refractivity contribution in [2.45, 2.75) is 74.4 Å². The highest BCUT2D eigenvalue weighted by Crippen LogP contribution is 2.27. The second kappa shape index (κ2) is 9.11. The molecule has 1 amide bonds. The highest BCUT2D eigenvalue weighted by atomic mass is 35.5. The van der Waals surface area contributed by atoms with Gasteiger partial charge in [0.1, 0.15) is 0 Å². The third kappa shape index (κ3) is 4.87. The predicted molar refractivity (Wildman–Crippen MR) is 111 cm³/mol. The van der Waals surface area contributed by atoms with Gasteiger partial charge in [0.05, 0.1) is 4.90 Å². The monoisotopic (exact) mass is 427 g/mol. The van der Waals surface area contributed by atoms with Crippen LogP contribution in [0.15, 0.2) is 29.2 Å². The Balaban J connectivity index is 0.00000225. The van der Waals surface area contributed by atoms with E-state index in [1.807, 2.05) is 12.1 Å². The number of sulfonamides is 1. The van der Waals surface area contributed by atoms with Gasteiger partial charge in [0.2, 0.25) is 15.9 Å². The van der Waals surface area contributed by atoms with Crippen LogP contribution >= 0.6 is 12.4 Å². The van der Waals surface area contributed by atoms with Crippen LogP contribution in [0.3, 0.4) is 0 Å². The van der Waals surface area contributed by atoms with Gasteiger partial charge < -0.3 is 10.6 Å². The highest BCUT2D eigenvalue weighted by Gasteiger charge is 2.33. The molecular weight excluding hydrogens is 398 g/mol. The minimum atomic E-state index is -3.36. The van der Waals surface area contributed by atoms with E-state index in [4.69, 9.17) is 0 Å². The number of nitrogens with zero attached hydrogens (tertiary/aromatic N) is 1. The molecule has 156 valence electrons. The van der Waals surface area contributed by atoms with Crippen molar-refractivity contribution in [3.05, 3.63) is 29.8 Å². The van der Waals surface area contributed by atoms with E-state index >= 15 is 0 Å². The van der Waals surface area contributed by atoms with Crippen LogP contribution in [0, 0.1) is 0 Å². The minimum absolute atomic E-state index is 0. The maximum absolute atomic E-state index is 12.5. The van der Waals surface area contributed by atoms with Crippen LogP contribution in [-0.4, -0.2) is 49.8 Å². The molecule has 2 unspecified atom stereocenters. The molecule has 8 heteroatoms. The van der Waals surface area contributed by atoms with Crippen molar-refractivity contribution >= 4 is 28.3 Å². The van der Waals surface area contributed by atoms with E-state index in [0.717, 1.165) is 31.2 Å². The summed E-state index contributed by atoms with van der Waals surface area (Å²) in [5.41, 5.74) is 0.996. The molecule has 2 N–H and O–H groups in total. The lowest BCUT2D eigenvalue weighted by molar-refractivity contribution is -0.122. The average Bonchev–Trinajstić information content (AvgIpc) is 3.31. The normalized spacial score (nSPS) is 27.4. The average molecular weight is 428 g/mol. The quantitative estimate of drug-likeness (QED) is 0.729. The fourth-order valence-electron chi connectivity index (χ4n) is 4.64. The number of rotatable bonds is 6. The Morgan fingerprint density at radius 3 is 2.29 bits per heavy atom. The lowest BCUT2D eigenvalue weighted by atomic mass is 9.99. The number of amides is 1. The van der Waals surface area contributed by atoms with Crippen molar-refractivity contribution in [3.8, 4) is 0 Å². The molecule has 0 aromatic heterocycles. The van der Waals surface area contributed by atoms with Gasteiger partial charge >= 0.3 is 0 Å². The molecule has 0 spiro atoms. The van der Waals surface area contributed by atoms with E-state index < -0.39 is 10.0 Å². The van der Waals surface area contributed by atoms with Gasteiger partial charge in [-0.3, -0.25) is 4.79 Å². The number of carbonyl (C=O) groups is 1. The van der Waals surface area contributed by atoms with Crippen LogP contribution in [-0.2, 0) is 21.2 Å². The van der Waals surface area contributed by atoms with E-state index in [2.05, 4.69) is 10.6 Å². The first-order valence-corrected chi connectivity index (χ1v) is 11.6. The summed E-state index contributed by atoms with van der Waals surface area (Å²) in [6.07, 6.45) is 7.46. The van der Waals surface area contributed by atoms with Crippen molar-refractivity contribution in [2.75, 3.05) is 13.1 Å². The van der Waals surface area contributed by atoms with Crippen LogP contribution in [0.4, 0.5) is 0 Å². The van der Waals surface area contributed by atoms with Crippen molar-refractivity contribution in [1.82, 2.24) is 14.9 Å². The van der Waals surface area contributed by atoms with Crippen LogP contribution < -0.4 is 10.6 Å². The van der Waals surface area contributed by atoms with Crippen LogP contribution in [0.1, 0.15) is 50.5 Å². The zero-order chi connectivity index (χ0) is 18.9. The van der Waals surface area contributed by atoms with E-state index in [1.54, 1.807) is 16.4 Å². The maximum atomic E-state index is 12.5. The third-order valence-corrected chi connectivity index (χ3v) is 8.02. The molecule has 28 heavy (non-hydrogen) atoms. The second-order valence-electron chi connectivity index (χ2n) is 8.13. The third-order valence-electron chi connectivity index (χ3n) is 6.11. The molecule has 2 atom stereocenters. The molecule has 2 bridgehead atoms. The summed E-state index contributed by atoms with van der Waals surface area (Å²) in [7, 11) is -3.36. The van der Waals surface area contributed by atoms with Gasteiger partial charge in [0.25, 0.3) is 0 Å². The summed E-state index contributed by atoms with van der Waals surface area (Å²) in [4.78, 5) is 12.6. The summed E-state index contributed by atoms with van der Waals surface area (Å²) in [6.45, 7) is 1.23. The van der Waals surface area contributed by atoms with E-state index in [9.17, 15) is 13.2 Å². The van der Waals surface area contributed by atoms with Gasteiger partial charge in [-0.1, -0.05) is 12.1 Å². The summed E-state index contributed by atoms with van der Waals surface area (Å²) >= 11 is 0. The lowest BCUT2D eigenvalue weighted by Gasteiger charge is -2.29. The van der Waals surface area contributed by atoms with Gasteiger partial charge in [-0.2, -0.15) is 4.31 Å². The largest absolute Gasteiger partial charge is 0.353 e. The van der Waals surface area contributed by atoms with Crippen LogP contribution in [0.2, 0.25) is 0 Å². The molecule has 0 aliphatic carbocycles. The van der Waals surface area contributed by atoms with E-state index in [0.29, 0.717) is 49.0 Å². The first-order chi connectivity index (χ1) is 13.0. The Morgan fingerprint density at radius 2 is 1.68 bits per heavy atom. The summed E-state index contributed by atoms with van der Waals surface area (Å²) in [6, 6.07) is 8.45. The van der Waals surface area contributed by atoms with E-state index in [1.165, 1.54) is 12.8 Å². The smallest absolute Gasteiger partial charge is 0.243 e. The minimum Gasteiger partial charge on any atom is -0.353 e. The van der Waals surface area contributed by atoms with Gasteiger partial charge in [0, 0.05) is 37.6 Å². The SMILES string of the molecule is Cl.O=C(CCc1ccc(S(=O)(=O)N2CCCC2)cc1)NC1CC2CCC(C1)N2. The first-order valence-electron chi connectivity index (χ1n) is 10.2.